The van der Waals surface area contributed by atoms with E-state index in [1.54, 1.807) is 20.8 Å². The average molecular weight is 569 g/mol. The normalized spacial score (nSPS) is 29.9. The maximum absolute atomic E-state index is 14.1. The molecule has 0 aromatic carbocycles. The number of nitrogens with zero attached hydrogens (tertiary/aromatic N) is 1. The van der Waals surface area contributed by atoms with Crippen LogP contribution in [0.4, 0.5) is 13.6 Å². The van der Waals surface area contributed by atoms with Crippen molar-refractivity contribution in [3.8, 4) is 0 Å². The molecule has 1 saturated heterocycles. The highest BCUT2D eigenvalue weighted by Crippen LogP contribution is 2.65. The Morgan fingerprint density at radius 1 is 1.05 bits per heavy atom. The Labute approximate surface area is 233 Å². The zero-order chi connectivity index (χ0) is 29.8. The Bertz CT molecular complexity index is 1070. The summed E-state index contributed by atoms with van der Waals surface area (Å²) >= 11 is 0. The topological polar surface area (TPSA) is 148 Å². The maximum Gasteiger partial charge on any atom is 0.408 e. The van der Waals surface area contributed by atoms with Crippen LogP contribution in [0.15, 0.2) is 0 Å². The van der Waals surface area contributed by atoms with Crippen molar-refractivity contribution in [2.24, 2.45) is 34.8 Å². The van der Waals surface area contributed by atoms with E-state index in [0.717, 1.165) is 32.1 Å². The first-order valence-corrected chi connectivity index (χ1v) is 14.3. The monoisotopic (exact) mass is 568 g/mol. The first-order chi connectivity index (χ1) is 18.4. The molecule has 10 nitrogen and oxygen atoms in total. The molecule has 0 bridgehead atoms. The molecule has 0 spiro atoms. The lowest BCUT2D eigenvalue weighted by atomic mass is 9.83. The molecule has 4 fully saturated rings. The lowest BCUT2D eigenvalue weighted by Crippen LogP contribution is -2.59. The minimum Gasteiger partial charge on any atom is -0.444 e. The van der Waals surface area contributed by atoms with Gasteiger partial charge in [0.15, 0.2) is 0 Å². The molecule has 0 radical (unpaired) electrons. The highest BCUT2D eigenvalue weighted by atomic mass is 19.3. The number of hydrogen-bond donors (Lipinski definition) is 3. The number of hydrogen-bond acceptors (Lipinski definition) is 6. The number of amides is 4. The minimum atomic E-state index is -2.96. The van der Waals surface area contributed by atoms with Crippen molar-refractivity contribution >= 4 is 29.6 Å². The second-order valence-electron chi connectivity index (χ2n) is 13.6. The molecule has 4 rings (SSSR count). The van der Waals surface area contributed by atoms with Gasteiger partial charge in [-0.25, -0.2) is 13.6 Å². The molecule has 3 saturated carbocycles. The SMILES string of the molecule is CC(C)(C)OC(=O)N[C@H](C(=O)N1C[C@H]2[C@@H]([C@H]1C(=O)NC(CC1CC1(F)F)C(=O)C(N)=O)C2(C)C)C1CCCCC1. The van der Waals surface area contributed by atoms with Crippen LogP contribution in [0.3, 0.4) is 0 Å². The molecule has 6 atom stereocenters. The molecular weight excluding hydrogens is 526 g/mol. The van der Waals surface area contributed by atoms with Gasteiger partial charge >= 0.3 is 6.09 Å². The quantitative estimate of drug-likeness (QED) is 0.364. The standard InChI is InChI=1S/C28H42F2N4O6/c1-26(2,3)40-25(39)33-19(14-9-7-6-8-10-14)24(38)34-13-16-18(27(16,4)5)20(34)23(37)32-17(21(35)22(31)36)11-15-12-28(15,29)30/h14-20H,6-13H2,1-5H3,(H2,31,36)(H,32,37)(H,33,39)/t15?,16-,17?,18-,19-,20-/m0/s1. The van der Waals surface area contributed by atoms with Crippen LogP contribution in [-0.2, 0) is 23.9 Å². The van der Waals surface area contributed by atoms with E-state index in [1.807, 2.05) is 13.8 Å². The van der Waals surface area contributed by atoms with E-state index in [2.05, 4.69) is 10.6 Å². The second kappa shape index (κ2) is 10.6. The first-order valence-electron chi connectivity index (χ1n) is 14.3. The van der Waals surface area contributed by atoms with Gasteiger partial charge in [-0.05, 0) is 63.2 Å². The Kier molecular flexibility index (Phi) is 7.96. The number of carbonyl (C=O) groups excluding carboxylic acids is 5. The van der Waals surface area contributed by atoms with Crippen molar-refractivity contribution in [2.45, 2.75) is 109 Å². The predicted octanol–water partition coefficient (Wildman–Crippen LogP) is 2.53. The van der Waals surface area contributed by atoms with Gasteiger partial charge in [0, 0.05) is 18.9 Å². The number of carbonyl (C=O) groups is 5. The van der Waals surface area contributed by atoms with Gasteiger partial charge in [0.2, 0.25) is 17.6 Å². The number of alkyl carbamates (subject to hydrolysis) is 1. The fourth-order valence-corrected chi connectivity index (χ4v) is 6.75. The number of Topliss-reactive ketones (excluding diaryl/α,β-unsaturated/α-hetero) is 1. The number of nitrogens with two attached hydrogens (primary N) is 1. The molecular formula is C28H42F2N4O6. The molecule has 2 unspecified atom stereocenters. The molecule has 12 heteroatoms. The average Bonchev–Trinajstić information content (AvgIpc) is 3.50. The summed E-state index contributed by atoms with van der Waals surface area (Å²) in [6.45, 7) is 9.42. The Hall–Kier alpha value is -2.79. The molecule has 0 aromatic rings. The van der Waals surface area contributed by atoms with Gasteiger partial charge in [0.05, 0.1) is 6.04 Å². The molecule has 3 aliphatic carbocycles. The van der Waals surface area contributed by atoms with Crippen molar-refractivity contribution in [3.63, 3.8) is 0 Å². The Balaban J connectivity index is 1.56. The summed E-state index contributed by atoms with van der Waals surface area (Å²) in [7, 11) is 0. The van der Waals surface area contributed by atoms with Crippen molar-refractivity contribution in [1.82, 2.24) is 15.5 Å². The van der Waals surface area contributed by atoms with E-state index in [-0.39, 0.29) is 29.7 Å². The van der Waals surface area contributed by atoms with E-state index in [1.165, 1.54) is 4.90 Å². The number of likely N-dealkylation sites (tertiary alicyclic amines) is 1. The largest absolute Gasteiger partial charge is 0.444 e. The van der Waals surface area contributed by atoms with Crippen molar-refractivity contribution in [1.29, 1.82) is 0 Å². The number of fused-ring (bicyclic) bond motifs is 1. The molecule has 40 heavy (non-hydrogen) atoms. The number of alkyl halides is 2. The fourth-order valence-electron chi connectivity index (χ4n) is 6.75. The van der Waals surface area contributed by atoms with Gasteiger partial charge in [0.1, 0.15) is 17.7 Å². The lowest BCUT2D eigenvalue weighted by Gasteiger charge is -2.37. The zero-order valence-electron chi connectivity index (χ0n) is 23.9. The summed E-state index contributed by atoms with van der Waals surface area (Å²) in [5.41, 5.74) is 4.12. The van der Waals surface area contributed by atoms with Crippen LogP contribution < -0.4 is 16.4 Å². The number of ketones is 1. The van der Waals surface area contributed by atoms with Gasteiger partial charge in [-0.2, -0.15) is 0 Å². The van der Waals surface area contributed by atoms with Crippen molar-refractivity contribution in [3.05, 3.63) is 0 Å². The summed E-state index contributed by atoms with van der Waals surface area (Å²) in [5, 5.41) is 5.26. The summed E-state index contributed by atoms with van der Waals surface area (Å²) in [6, 6.07) is -3.39. The zero-order valence-corrected chi connectivity index (χ0v) is 23.9. The van der Waals surface area contributed by atoms with E-state index < -0.39 is 78.0 Å². The fraction of sp³-hybridized carbons (Fsp3) is 0.821. The lowest BCUT2D eigenvalue weighted by molar-refractivity contribution is -0.144. The van der Waals surface area contributed by atoms with E-state index in [4.69, 9.17) is 10.5 Å². The minimum absolute atomic E-state index is 0.0128. The van der Waals surface area contributed by atoms with Crippen LogP contribution in [0, 0.1) is 29.1 Å². The maximum atomic E-state index is 14.1. The van der Waals surface area contributed by atoms with Gasteiger partial charge in [-0.1, -0.05) is 33.1 Å². The van der Waals surface area contributed by atoms with Crippen LogP contribution in [-0.4, -0.2) is 70.7 Å². The van der Waals surface area contributed by atoms with Crippen LogP contribution >= 0.6 is 0 Å². The number of nitrogens with one attached hydrogen (secondary N) is 2. The van der Waals surface area contributed by atoms with Gasteiger partial charge in [0.25, 0.3) is 11.8 Å². The van der Waals surface area contributed by atoms with Crippen LogP contribution in [0.2, 0.25) is 0 Å². The molecule has 4 N–H and O–H groups in total. The first kappa shape index (κ1) is 30.2. The van der Waals surface area contributed by atoms with Gasteiger partial charge in [-0.3, -0.25) is 19.2 Å². The van der Waals surface area contributed by atoms with Crippen LogP contribution in [0.25, 0.3) is 0 Å². The smallest absolute Gasteiger partial charge is 0.408 e. The number of halogens is 2. The third kappa shape index (κ3) is 6.25. The van der Waals surface area contributed by atoms with Crippen molar-refractivity contribution in [2.75, 3.05) is 6.54 Å². The molecule has 0 aromatic heterocycles. The number of ether oxygens (including phenoxy) is 1. The summed E-state index contributed by atoms with van der Waals surface area (Å²) in [6.07, 6.45) is 2.76. The van der Waals surface area contributed by atoms with Gasteiger partial charge in [-0.15, -0.1) is 0 Å². The van der Waals surface area contributed by atoms with E-state index in [9.17, 15) is 32.8 Å². The summed E-state index contributed by atoms with van der Waals surface area (Å²) in [5.74, 6) is -8.01. The molecule has 4 amide bonds. The summed E-state index contributed by atoms with van der Waals surface area (Å²) < 4.78 is 32.7. The third-order valence-electron chi connectivity index (χ3n) is 9.17. The molecule has 1 aliphatic heterocycles. The Morgan fingerprint density at radius 3 is 2.17 bits per heavy atom. The van der Waals surface area contributed by atoms with Crippen LogP contribution in [0.5, 0.6) is 0 Å². The Morgan fingerprint density at radius 2 is 1.65 bits per heavy atom. The van der Waals surface area contributed by atoms with Crippen molar-refractivity contribution < 1.29 is 37.5 Å². The van der Waals surface area contributed by atoms with E-state index in [0.29, 0.717) is 0 Å². The highest BCUT2D eigenvalue weighted by molar-refractivity contribution is 6.37. The molecule has 224 valence electrons. The molecule has 1 heterocycles. The molecule has 4 aliphatic rings. The van der Waals surface area contributed by atoms with Crippen LogP contribution in [0.1, 0.15) is 79.6 Å². The third-order valence-corrected chi connectivity index (χ3v) is 9.17. The second-order valence-corrected chi connectivity index (χ2v) is 13.6. The van der Waals surface area contributed by atoms with E-state index >= 15 is 0 Å². The number of primary amides is 1. The number of piperidine rings is 1. The summed E-state index contributed by atoms with van der Waals surface area (Å²) in [4.78, 5) is 66.1. The highest BCUT2D eigenvalue weighted by Gasteiger charge is 2.70. The van der Waals surface area contributed by atoms with Gasteiger partial charge < -0.3 is 26.0 Å². The predicted molar refractivity (Wildman–Crippen MR) is 140 cm³/mol. The number of rotatable bonds is 9.